The Kier molecular flexibility index (Phi) is 4.62. The largest absolute Gasteiger partial charge is 0.380 e. The number of rotatable bonds is 6. The van der Waals surface area contributed by atoms with Gasteiger partial charge in [-0.3, -0.25) is 0 Å². The minimum absolute atomic E-state index is 0.237. The Morgan fingerprint density at radius 2 is 2.43 bits per heavy atom. The van der Waals surface area contributed by atoms with Crippen molar-refractivity contribution in [3.63, 3.8) is 0 Å². The first-order chi connectivity index (χ1) is 6.76. The van der Waals surface area contributed by atoms with Crippen molar-refractivity contribution < 1.29 is 4.74 Å². The smallest absolute Gasteiger partial charge is 0.0950 e. The third-order valence-corrected chi connectivity index (χ3v) is 2.19. The van der Waals surface area contributed by atoms with E-state index in [4.69, 9.17) is 4.74 Å². The third kappa shape index (κ3) is 3.47. The Labute approximate surface area is 85.3 Å². The summed E-state index contributed by atoms with van der Waals surface area (Å²) in [5.74, 6) is 0. The van der Waals surface area contributed by atoms with Gasteiger partial charge < -0.3 is 14.6 Å². The van der Waals surface area contributed by atoms with Crippen molar-refractivity contribution >= 4 is 0 Å². The molecule has 0 radical (unpaired) electrons. The molecule has 0 bridgehead atoms. The molecule has 1 atom stereocenters. The van der Waals surface area contributed by atoms with E-state index in [1.54, 1.807) is 7.11 Å². The number of hydrogen-bond donors (Lipinski definition) is 1. The molecule has 0 aliphatic rings. The zero-order valence-electron chi connectivity index (χ0n) is 9.16. The molecule has 0 aliphatic carbocycles. The van der Waals surface area contributed by atoms with E-state index in [0.29, 0.717) is 0 Å². The van der Waals surface area contributed by atoms with E-state index in [2.05, 4.69) is 21.1 Å². The van der Waals surface area contributed by atoms with Crippen molar-refractivity contribution in [3.8, 4) is 0 Å². The molecule has 1 unspecified atom stereocenters. The summed E-state index contributed by atoms with van der Waals surface area (Å²) in [5, 5.41) is 3.10. The third-order valence-electron chi connectivity index (χ3n) is 2.19. The van der Waals surface area contributed by atoms with E-state index < -0.39 is 0 Å². The fourth-order valence-electron chi connectivity index (χ4n) is 1.26. The minimum atomic E-state index is 0.237. The molecule has 1 aromatic rings. The van der Waals surface area contributed by atoms with E-state index in [9.17, 15) is 0 Å². The number of nitrogens with zero attached hydrogens (tertiary/aromatic N) is 2. The number of ether oxygens (including phenoxy) is 1. The summed E-state index contributed by atoms with van der Waals surface area (Å²) >= 11 is 0. The maximum absolute atomic E-state index is 5.18. The predicted molar refractivity (Wildman–Crippen MR) is 56.3 cm³/mol. The lowest BCUT2D eigenvalue weighted by Gasteiger charge is -2.08. The van der Waals surface area contributed by atoms with Crippen molar-refractivity contribution in [2.75, 3.05) is 20.7 Å². The van der Waals surface area contributed by atoms with Gasteiger partial charge in [0.05, 0.1) is 18.1 Å². The van der Waals surface area contributed by atoms with Gasteiger partial charge in [0.15, 0.2) is 0 Å². The molecule has 1 rings (SSSR count). The molecule has 0 saturated carbocycles. The second kappa shape index (κ2) is 5.78. The first-order valence-electron chi connectivity index (χ1n) is 4.94. The number of imidazole rings is 1. The fourth-order valence-corrected chi connectivity index (χ4v) is 1.26. The summed E-state index contributed by atoms with van der Waals surface area (Å²) in [6.45, 7) is 3.88. The van der Waals surface area contributed by atoms with Crippen LogP contribution in [0, 0.1) is 0 Å². The standard InChI is InChI=1S/C10H19N3O/c1-9(14-3)6-13-7-10(12-8-13)4-5-11-2/h7-9,11H,4-6H2,1-3H3. The highest BCUT2D eigenvalue weighted by atomic mass is 16.5. The summed E-state index contributed by atoms with van der Waals surface area (Å²) in [6, 6.07) is 0. The molecule has 1 N–H and O–H groups in total. The molecule has 0 spiro atoms. The average molecular weight is 197 g/mol. The Hall–Kier alpha value is -0.870. The number of nitrogens with one attached hydrogen (secondary N) is 1. The molecule has 0 amide bonds. The quantitative estimate of drug-likeness (QED) is 0.729. The van der Waals surface area contributed by atoms with Gasteiger partial charge in [0, 0.05) is 32.8 Å². The zero-order valence-corrected chi connectivity index (χ0v) is 9.16. The van der Waals surface area contributed by atoms with Gasteiger partial charge >= 0.3 is 0 Å². The lowest BCUT2D eigenvalue weighted by atomic mass is 10.3. The molecule has 1 heterocycles. The maximum atomic E-state index is 5.18. The Bertz CT molecular complexity index is 260. The summed E-state index contributed by atoms with van der Waals surface area (Å²) < 4.78 is 7.25. The van der Waals surface area contributed by atoms with E-state index in [0.717, 1.165) is 25.2 Å². The van der Waals surface area contributed by atoms with Crippen LogP contribution in [-0.2, 0) is 17.7 Å². The molecule has 1 aromatic heterocycles. The highest BCUT2D eigenvalue weighted by Gasteiger charge is 2.02. The van der Waals surface area contributed by atoms with Gasteiger partial charge in [-0.15, -0.1) is 0 Å². The van der Waals surface area contributed by atoms with E-state index in [-0.39, 0.29) is 6.10 Å². The van der Waals surface area contributed by atoms with Gasteiger partial charge in [0.2, 0.25) is 0 Å². The van der Waals surface area contributed by atoms with Gasteiger partial charge in [0.1, 0.15) is 0 Å². The van der Waals surface area contributed by atoms with Crippen LogP contribution in [0.4, 0.5) is 0 Å². The van der Waals surface area contributed by atoms with Crippen LogP contribution in [0.2, 0.25) is 0 Å². The molecule has 4 heteroatoms. The molecule has 0 saturated heterocycles. The summed E-state index contributed by atoms with van der Waals surface area (Å²) in [7, 11) is 3.67. The molecule has 14 heavy (non-hydrogen) atoms. The Morgan fingerprint density at radius 1 is 1.64 bits per heavy atom. The molecule has 4 nitrogen and oxygen atoms in total. The normalized spacial score (nSPS) is 13.1. The monoisotopic (exact) mass is 197 g/mol. The lowest BCUT2D eigenvalue weighted by Crippen LogP contribution is -2.13. The number of methoxy groups -OCH3 is 1. The van der Waals surface area contributed by atoms with Crippen LogP contribution < -0.4 is 5.32 Å². The molecular weight excluding hydrogens is 178 g/mol. The predicted octanol–water partition coefficient (Wildman–Crippen LogP) is 0.680. The molecular formula is C10H19N3O. The van der Waals surface area contributed by atoms with Crippen LogP contribution in [-0.4, -0.2) is 36.4 Å². The molecule has 0 aromatic carbocycles. The summed E-state index contributed by atoms with van der Waals surface area (Å²) in [4.78, 5) is 4.31. The Morgan fingerprint density at radius 3 is 3.07 bits per heavy atom. The van der Waals surface area contributed by atoms with Crippen molar-refractivity contribution in [1.82, 2.24) is 14.9 Å². The van der Waals surface area contributed by atoms with Gasteiger partial charge in [0.25, 0.3) is 0 Å². The van der Waals surface area contributed by atoms with E-state index >= 15 is 0 Å². The van der Waals surface area contributed by atoms with Crippen molar-refractivity contribution in [1.29, 1.82) is 0 Å². The second-order valence-electron chi connectivity index (χ2n) is 3.46. The SMILES string of the molecule is CNCCc1cn(CC(C)OC)cn1. The van der Waals surface area contributed by atoms with Crippen LogP contribution in [0.3, 0.4) is 0 Å². The second-order valence-corrected chi connectivity index (χ2v) is 3.46. The number of hydrogen-bond acceptors (Lipinski definition) is 3. The molecule has 0 fully saturated rings. The van der Waals surface area contributed by atoms with Gasteiger partial charge in [-0.25, -0.2) is 4.98 Å². The lowest BCUT2D eigenvalue weighted by molar-refractivity contribution is 0.103. The Balaban J connectivity index is 2.42. The van der Waals surface area contributed by atoms with Crippen LogP contribution in [0.1, 0.15) is 12.6 Å². The van der Waals surface area contributed by atoms with Crippen molar-refractivity contribution in [3.05, 3.63) is 18.2 Å². The number of likely N-dealkylation sites (N-methyl/N-ethyl adjacent to an activating group) is 1. The summed E-state index contributed by atoms with van der Waals surface area (Å²) in [6.07, 6.45) is 5.15. The average Bonchev–Trinajstić information content (AvgIpc) is 2.62. The van der Waals surface area contributed by atoms with Gasteiger partial charge in [-0.05, 0) is 14.0 Å². The van der Waals surface area contributed by atoms with E-state index in [1.165, 1.54) is 0 Å². The fraction of sp³-hybridized carbons (Fsp3) is 0.700. The first kappa shape index (κ1) is 11.2. The molecule has 80 valence electrons. The number of aromatic nitrogens is 2. The highest BCUT2D eigenvalue weighted by molar-refractivity contribution is 4.97. The van der Waals surface area contributed by atoms with Crippen molar-refractivity contribution in [2.45, 2.75) is 26.0 Å². The van der Waals surface area contributed by atoms with Crippen LogP contribution in [0.5, 0.6) is 0 Å². The maximum Gasteiger partial charge on any atom is 0.0950 e. The zero-order chi connectivity index (χ0) is 10.4. The van der Waals surface area contributed by atoms with Crippen LogP contribution in [0.25, 0.3) is 0 Å². The first-order valence-corrected chi connectivity index (χ1v) is 4.94. The van der Waals surface area contributed by atoms with E-state index in [1.807, 2.05) is 20.3 Å². The van der Waals surface area contributed by atoms with Gasteiger partial charge in [-0.1, -0.05) is 0 Å². The van der Waals surface area contributed by atoms with Crippen LogP contribution in [0.15, 0.2) is 12.5 Å². The summed E-state index contributed by atoms with van der Waals surface area (Å²) in [5.41, 5.74) is 1.13. The minimum Gasteiger partial charge on any atom is -0.380 e. The van der Waals surface area contributed by atoms with Crippen molar-refractivity contribution in [2.24, 2.45) is 0 Å². The molecule has 0 aliphatic heterocycles. The van der Waals surface area contributed by atoms with Crippen LogP contribution >= 0.6 is 0 Å². The topological polar surface area (TPSA) is 39.1 Å². The highest BCUT2D eigenvalue weighted by Crippen LogP contribution is 2.00. The van der Waals surface area contributed by atoms with Gasteiger partial charge in [-0.2, -0.15) is 0 Å².